The van der Waals surface area contributed by atoms with Crippen LogP contribution in [0.5, 0.6) is 11.5 Å². The molecule has 0 aromatic heterocycles. The minimum Gasteiger partial charge on any atom is -0.493 e. The topological polar surface area (TPSA) is 80.2 Å². The third-order valence-corrected chi connectivity index (χ3v) is 5.66. The van der Waals surface area contributed by atoms with E-state index < -0.39 is 0 Å². The Morgan fingerprint density at radius 3 is 2.70 bits per heavy atom. The number of methoxy groups -OCH3 is 1. The minimum atomic E-state index is -0.287. The number of hydrogen-bond acceptors (Lipinski definition) is 7. The fourth-order valence-corrected chi connectivity index (χ4v) is 4.18. The highest BCUT2D eigenvalue weighted by Crippen LogP contribution is 2.35. The van der Waals surface area contributed by atoms with Crippen molar-refractivity contribution in [3.05, 3.63) is 59.0 Å². The molecule has 0 saturated heterocycles. The maximum atomic E-state index is 12.3. The Labute approximate surface area is 178 Å². The van der Waals surface area contributed by atoms with E-state index in [2.05, 4.69) is 20.6 Å². The number of nitrogens with zero attached hydrogens (tertiary/aromatic N) is 2. The maximum Gasteiger partial charge on any atom is 0.262 e. The predicted molar refractivity (Wildman–Crippen MR) is 118 cm³/mol. The van der Waals surface area contributed by atoms with Gasteiger partial charge >= 0.3 is 0 Å². The monoisotopic (exact) mass is 423 g/mol. The number of amidine groups is 1. The van der Waals surface area contributed by atoms with Gasteiger partial charge in [-0.15, -0.1) is 0 Å². The molecule has 0 fully saturated rings. The van der Waals surface area contributed by atoms with Crippen LogP contribution in [0.1, 0.15) is 22.8 Å². The van der Waals surface area contributed by atoms with Crippen LogP contribution in [0.15, 0.2) is 52.9 Å². The van der Waals surface area contributed by atoms with Crippen LogP contribution in [0.25, 0.3) is 5.70 Å². The number of rotatable bonds is 7. The highest BCUT2D eigenvalue weighted by atomic mass is 32.2. The van der Waals surface area contributed by atoms with Crippen molar-refractivity contribution in [3.8, 4) is 11.5 Å². The summed E-state index contributed by atoms with van der Waals surface area (Å²) in [5.41, 5.74) is 3.43. The SMILES string of the molecule is COc1cc(C(C)=O)ccc1OCC(=O)Nc1ccc(C2=CSC3=NCCN23)cc1. The molecular weight excluding hydrogens is 402 g/mol. The van der Waals surface area contributed by atoms with Gasteiger partial charge in [0.25, 0.3) is 5.91 Å². The van der Waals surface area contributed by atoms with Crippen molar-refractivity contribution in [2.45, 2.75) is 6.92 Å². The van der Waals surface area contributed by atoms with E-state index in [9.17, 15) is 9.59 Å². The van der Waals surface area contributed by atoms with E-state index in [1.807, 2.05) is 24.3 Å². The molecule has 0 aliphatic carbocycles. The van der Waals surface area contributed by atoms with Crippen molar-refractivity contribution in [1.82, 2.24) is 4.90 Å². The molecule has 7 nitrogen and oxygen atoms in total. The molecular formula is C22H21N3O4S. The van der Waals surface area contributed by atoms with E-state index in [-0.39, 0.29) is 18.3 Å². The van der Waals surface area contributed by atoms with Gasteiger partial charge in [0.15, 0.2) is 29.1 Å². The van der Waals surface area contributed by atoms with Crippen molar-refractivity contribution >= 4 is 40.0 Å². The number of fused-ring (bicyclic) bond motifs is 1. The van der Waals surface area contributed by atoms with Gasteiger partial charge in [0.1, 0.15) is 0 Å². The largest absolute Gasteiger partial charge is 0.493 e. The van der Waals surface area contributed by atoms with E-state index in [1.165, 1.54) is 14.0 Å². The number of ether oxygens (including phenoxy) is 2. The Kier molecular flexibility index (Phi) is 5.76. The highest BCUT2D eigenvalue weighted by Gasteiger charge is 2.26. The summed E-state index contributed by atoms with van der Waals surface area (Å²) < 4.78 is 10.8. The zero-order valence-corrected chi connectivity index (χ0v) is 17.5. The maximum absolute atomic E-state index is 12.3. The Balaban J connectivity index is 1.34. The van der Waals surface area contributed by atoms with Crippen LogP contribution >= 0.6 is 11.8 Å². The van der Waals surface area contributed by atoms with Crippen molar-refractivity contribution in [3.63, 3.8) is 0 Å². The molecule has 1 N–H and O–H groups in total. The summed E-state index contributed by atoms with van der Waals surface area (Å²) in [6.45, 7) is 3.04. The second kappa shape index (κ2) is 8.62. The number of Topliss-reactive ketones (excluding diaryl/α,β-unsaturated/α-hetero) is 1. The number of anilines is 1. The zero-order valence-electron chi connectivity index (χ0n) is 16.7. The lowest BCUT2D eigenvalue weighted by atomic mass is 10.1. The van der Waals surface area contributed by atoms with E-state index in [0.717, 1.165) is 29.5 Å². The van der Waals surface area contributed by atoms with Gasteiger partial charge in [-0.25, -0.2) is 0 Å². The molecule has 2 aliphatic heterocycles. The first-order valence-corrected chi connectivity index (χ1v) is 10.3. The van der Waals surface area contributed by atoms with Gasteiger partial charge in [-0.2, -0.15) is 0 Å². The summed E-state index contributed by atoms with van der Waals surface area (Å²) in [4.78, 5) is 30.4. The molecule has 2 aliphatic rings. The average Bonchev–Trinajstić information content (AvgIpc) is 3.37. The normalized spacial score (nSPS) is 14.7. The summed E-state index contributed by atoms with van der Waals surface area (Å²) in [7, 11) is 1.49. The van der Waals surface area contributed by atoms with E-state index in [4.69, 9.17) is 9.47 Å². The number of ketones is 1. The van der Waals surface area contributed by atoms with Gasteiger partial charge in [0.2, 0.25) is 0 Å². The van der Waals surface area contributed by atoms with E-state index >= 15 is 0 Å². The van der Waals surface area contributed by atoms with Crippen LogP contribution in [0, 0.1) is 0 Å². The molecule has 0 atom stereocenters. The number of amides is 1. The Morgan fingerprint density at radius 1 is 1.17 bits per heavy atom. The third kappa shape index (κ3) is 4.18. The predicted octanol–water partition coefficient (Wildman–Crippen LogP) is 3.63. The first-order chi connectivity index (χ1) is 14.5. The van der Waals surface area contributed by atoms with Crippen molar-refractivity contribution in [2.24, 2.45) is 4.99 Å². The highest BCUT2D eigenvalue weighted by molar-refractivity contribution is 8.16. The molecule has 0 spiro atoms. The second-order valence-corrected chi connectivity index (χ2v) is 7.61. The summed E-state index contributed by atoms with van der Waals surface area (Å²) >= 11 is 1.64. The summed E-state index contributed by atoms with van der Waals surface area (Å²) in [5.74, 6) is 0.459. The van der Waals surface area contributed by atoms with Crippen LogP contribution in [-0.2, 0) is 4.79 Å². The standard InChI is InChI=1S/C22H21N3O4S/c1-14(26)16-5-8-19(20(11-16)28-2)29-12-21(27)24-17-6-3-15(4-7-17)18-13-30-22-23-9-10-25(18)22/h3-8,11,13H,9-10,12H2,1-2H3,(H,24,27). The molecule has 154 valence electrons. The fourth-order valence-electron chi connectivity index (χ4n) is 3.22. The summed E-state index contributed by atoms with van der Waals surface area (Å²) in [5, 5.41) is 5.97. The molecule has 0 unspecified atom stereocenters. The number of hydrogen-bond donors (Lipinski definition) is 1. The Morgan fingerprint density at radius 2 is 1.97 bits per heavy atom. The lowest BCUT2D eigenvalue weighted by Crippen LogP contribution is -2.21. The van der Waals surface area contributed by atoms with Gasteiger partial charge in [0.05, 0.1) is 19.4 Å². The molecule has 1 amide bonds. The molecule has 2 aromatic rings. The van der Waals surface area contributed by atoms with Crippen molar-refractivity contribution in [2.75, 3.05) is 32.1 Å². The number of carbonyl (C=O) groups excluding carboxylic acids is 2. The zero-order chi connectivity index (χ0) is 21.1. The summed E-state index contributed by atoms with van der Waals surface area (Å²) in [6.07, 6.45) is 0. The van der Waals surface area contributed by atoms with Gasteiger partial charge < -0.3 is 19.7 Å². The third-order valence-electron chi connectivity index (χ3n) is 4.76. The smallest absolute Gasteiger partial charge is 0.262 e. The second-order valence-electron chi connectivity index (χ2n) is 6.77. The van der Waals surface area contributed by atoms with Gasteiger partial charge in [-0.1, -0.05) is 23.9 Å². The van der Waals surface area contributed by atoms with Gasteiger partial charge in [-0.05, 0) is 42.8 Å². The van der Waals surface area contributed by atoms with Crippen LogP contribution in [0.3, 0.4) is 0 Å². The molecule has 0 bridgehead atoms. The lowest BCUT2D eigenvalue weighted by molar-refractivity contribution is -0.118. The number of nitrogens with one attached hydrogen (secondary N) is 1. The Hall–Kier alpha value is -3.26. The van der Waals surface area contributed by atoms with E-state index in [1.54, 1.807) is 30.0 Å². The molecule has 0 saturated carbocycles. The number of benzene rings is 2. The first-order valence-electron chi connectivity index (χ1n) is 9.46. The molecule has 0 radical (unpaired) electrons. The quantitative estimate of drug-likeness (QED) is 0.685. The number of carbonyl (C=O) groups is 2. The Bertz CT molecular complexity index is 1050. The van der Waals surface area contributed by atoms with Crippen LogP contribution in [0.2, 0.25) is 0 Å². The lowest BCUT2D eigenvalue weighted by Gasteiger charge is -2.17. The average molecular weight is 423 g/mol. The van der Waals surface area contributed by atoms with Crippen LogP contribution in [-0.4, -0.2) is 48.6 Å². The molecule has 2 aromatic carbocycles. The molecule has 4 rings (SSSR count). The number of aliphatic imine (C=N–C) groups is 1. The van der Waals surface area contributed by atoms with Crippen molar-refractivity contribution in [1.29, 1.82) is 0 Å². The summed E-state index contributed by atoms with van der Waals surface area (Å²) in [6, 6.07) is 12.6. The van der Waals surface area contributed by atoms with Gasteiger partial charge in [-0.3, -0.25) is 14.6 Å². The minimum absolute atomic E-state index is 0.0683. The molecule has 2 heterocycles. The van der Waals surface area contributed by atoms with Crippen molar-refractivity contribution < 1.29 is 19.1 Å². The fraction of sp³-hybridized carbons (Fsp3) is 0.227. The van der Waals surface area contributed by atoms with Crippen LogP contribution in [0.4, 0.5) is 5.69 Å². The number of thioether (sulfide) groups is 1. The van der Waals surface area contributed by atoms with Crippen LogP contribution < -0.4 is 14.8 Å². The first kappa shape index (κ1) is 20.0. The molecule has 8 heteroatoms. The van der Waals surface area contributed by atoms with E-state index in [0.29, 0.717) is 22.7 Å². The van der Waals surface area contributed by atoms with Gasteiger partial charge in [0, 0.05) is 23.2 Å². The molecule has 30 heavy (non-hydrogen) atoms.